The molecular weight excluding hydrogens is 326 g/mol. The van der Waals surface area contributed by atoms with Crippen LogP contribution in [0.5, 0.6) is 5.75 Å². The summed E-state index contributed by atoms with van der Waals surface area (Å²) in [6.45, 7) is 8.12. The van der Waals surface area contributed by atoms with Crippen LogP contribution in [0.2, 0.25) is 0 Å². The van der Waals surface area contributed by atoms with Gasteiger partial charge in [-0.1, -0.05) is 32.9 Å². The molecule has 1 N–H and O–H groups in total. The van der Waals surface area contributed by atoms with Gasteiger partial charge in [-0.05, 0) is 29.5 Å². The molecule has 0 aliphatic rings. The van der Waals surface area contributed by atoms with E-state index in [0.717, 1.165) is 22.5 Å². The Morgan fingerprint density at radius 2 is 2.00 bits per heavy atom. The molecule has 5 nitrogen and oxygen atoms in total. The molecule has 2 aromatic rings. The molecule has 0 saturated heterocycles. The third-order valence-corrected chi connectivity index (χ3v) is 4.36. The van der Waals surface area contributed by atoms with Crippen molar-refractivity contribution in [1.82, 2.24) is 4.98 Å². The van der Waals surface area contributed by atoms with Crippen LogP contribution >= 0.6 is 11.3 Å². The molecule has 0 radical (unpaired) electrons. The van der Waals surface area contributed by atoms with E-state index in [4.69, 9.17) is 9.84 Å². The first-order valence-corrected chi connectivity index (χ1v) is 8.48. The molecule has 0 spiro atoms. The maximum Gasteiger partial charge on any atom is 0.309 e. The number of ether oxygens (including phenoxy) is 1. The zero-order valence-electron chi connectivity index (χ0n) is 14.3. The summed E-state index contributed by atoms with van der Waals surface area (Å²) in [6.07, 6.45) is -0.184. The molecule has 1 aromatic carbocycles. The average Bonchev–Trinajstić information content (AvgIpc) is 2.91. The number of benzene rings is 1. The Labute approximate surface area is 145 Å². The minimum atomic E-state index is -0.967. The molecule has 24 heavy (non-hydrogen) atoms. The third kappa shape index (κ3) is 4.64. The van der Waals surface area contributed by atoms with Crippen molar-refractivity contribution in [3.63, 3.8) is 0 Å². The molecule has 0 saturated carbocycles. The maximum atomic E-state index is 12.2. The van der Waals surface area contributed by atoms with Gasteiger partial charge in [-0.3, -0.25) is 9.59 Å². The summed E-state index contributed by atoms with van der Waals surface area (Å²) < 4.78 is 5.75. The van der Waals surface area contributed by atoms with E-state index >= 15 is 0 Å². The van der Waals surface area contributed by atoms with Crippen molar-refractivity contribution in [3.8, 4) is 5.75 Å². The van der Waals surface area contributed by atoms with E-state index in [0.29, 0.717) is 11.4 Å². The van der Waals surface area contributed by atoms with Crippen LogP contribution in [-0.4, -0.2) is 28.4 Å². The highest BCUT2D eigenvalue weighted by molar-refractivity contribution is 7.11. The second-order valence-electron chi connectivity index (χ2n) is 6.68. The highest BCUT2D eigenvalue weighted by atomic mass is 32.1. The van der Waals surface area contributed by atoms with E-state index in [-0.39, 0.29) is 29.2 Å². The normalized spacial score (nSPS) is 11.3. The van der Waals surface area contributed by atoms with Crippen LogP contribution in [-0.2, 0) is 16.6 Å². The molecule has 0 unspecified atom stereocenters. The van der Waals surface area contributed by atoms with E-state index in [1.807, 2.05) is 25.1 Å². The smallest absolute Gasteiger partial charge is 0.309 e. The summed E-state index contributed by atoms with van der Waals surface area (Å²) in [4.78, 5) is 27.0. The molecule has 1 heterocycles. The van der Waals surface area contributed by atoms with Crippen molar-refractivity contribution >= 4 is 23.1 Å². The van der Waals surface area contributed by atoms with E-state index in [9.17, 15) is 9.59 Å². The highest BCUT2D eigenvalue weighted by Crippen LogP contribution is 2.32. The quantitative estimate of drug-likeness (QED) is 0.807. The topological polar surface area (TPSA) is 76.5 Å². The molecule has 2 rings (SSSR count). The second kappa shape index (κ2) is 7.13. The summed E-state index contributed by atoms with van der Waals surface area (Å²) in [5.41, 5.74) is 2.39. The lowest BCUT2D eigenvalue weighted by molar-refractivity contribution is -0.136. The van der Waals surface area contributed by atoms with Crippen LogP contribution in [0.25, 0.3) is 0 Å². The van der Waals surface area contributed by atoms with Crippen LogP contribution in [0.3, 0.4) is 0 Å². The number of Topliss-reactive ketones (excluding diaryl/α,β-unsaturated/α-hetero) is 1. The van der Waals surface area contributed by atoms with Gasteiger partial charge in [-0.2, -0.15) is 0 Å². The Bertz CT molecular complexity index is 759. The molecule has 6 heteroatoms. The predicted molar refractivity (Wildman–Crippen MR) is 93.2 cm³/mol. The molecule has 1 aromatic heterocycles. The number of aryl methyl sites for hydroxylation is 1. The summed E-state index contributed by atoms with van der Waals surface area (Å²) in [5.74, 6) is -0.527. The molecule has 0 aliphatic heterocycles. The average molecular weight is 347 g/mol. The first kappa shape index (κ1) is 18.1. The number of thiazole rings is 1. The molecule has 0 bridgehead atoms. The van der Waals surface area contributed by atoms with Gasteiger partial charge in [-0.25, -0.2) is 4.98 Å². The first-order chi connectivity index (χ1) is 11.2. The van der Waals surface area contributed by atoms with Gasteiger partial charge in [-0.15, -0.1) is 11.3 Å². The lowest BCUT2D eigenvalue weighted by atomic mass is 9.86. The molecule has 128 valence electrons. The number of carbonyl (C=O) groups is 2. The lowest BCUT2D eigenvalue weighted by Gasteiger charge is -2.23. The van der Waals surface area contributed by atoms with Gasteiger partial charge in [0.25, 0.3) is 0 Å². The van der Waals surface area contributed by atoms with Crippen molar-refractivity contribution in [2.24, 2.45) is 0 Å². The summed E-state index contributed by atoms with van der Waals surface area (Å²) in [6, 6.07) is 5.96. The van der Waals surface area contributed by atoms with Gasteiger partial charge in [0.05, 0.1) is 12.1 Å². The zero-order chi connectivity index (χ0) is 17.9. The summed E-state index contributed by atoms with van der Waals surface area (Å²) in [5, 5.41) is 10.6. The molecule has 0 atom stereocenters. The van der Waals surface area contributed by atoms with E-state index in [2.05, 4.69) is 25.8 Å². The predicted octanol–water partition coefficient (Wildman–Crippen LogP) is 3.64. The van der Waals surface area contributed by atoms with Crippen molar-refractivity contribution in [1.29, 1.82) is 0 Å². The standard InChI is InChI=1S/C18H21NO4S/c1-11-5-6-13(18(2,3)4)15(7-11)23-9-14(20)17-19-12(10-24-17)8-16(21)22/h5-7,10H,8-9H2,1-4H3,(H,21,22). The van der Waals surface area contributed by atoms with Gasteiger partial charge in [0.1, 0.15) is 5.75 Å². The van der Waals surface area contributed by atoms with Gasteiger partial charge in [0.15, 0.2) is 11.6 Å². The Hall–Kier alpha value is -2.21. The fraction of sp³-hybridized carbons (Fsp3) is 0.389. The van der Waals surface area contributed by atoms with Crippen LogP contribution in [0.1, 0.15) is 47.4 Å². The minimum Gasteiger partial charge on any atom is -0.485 e. The van der Waals surface area contributed by atoms with Crippen molar-refractivity contribution in [2.45, 2.75) is 39.5 Å². The van der Waals surface area contributed by atoms with Crippen molar-refractivity contribution in [2.75, 3.05) is 6.61 Å². The first-order valence-electron chi connectivity index (χ1n) is 7.60. The van der Waals surface area contributed by atoms with Crippen LogP contribution in [0.4, 0.5) is 0 Å². The molecule has 0 aliphatic carbocycles. The number of aliphatic carboxylic acids is 1. The third-order valence-electron chi connectivity index (χ3n) is 3.43. The number of hydrogen-bond donors (Lipinski definition) is 1. The number of hydrogen-bond acceptors (Lipinski definition) is 5. The monoisotopic (exact) mass is 347 g/mol. The number of nitrogens with zero attached hydrogens (tertiary/aromatic N) is 1. The van der Waals surface area contributed by atoms with Gasteiger partial charge in [0, 0.05) is 5.38 Å². The summed E-state index contributed by atoms with van der Waals surface area (Å²) >= 11 is 1.14. The number of carbonyl (C=O) groups excluding carboxylic acids is 1. The van der Waals surface area contributed by atoms with E-state index in [1.165, 1.54) is 0 Å². The number of carboxylic acid groups (broad SMARTS) is 1. The maximum absolute atomic E-state index is 12.2. The van der Waals surface area contributed by atoms with E-state index < -0.39 is 5.97 Å². The number of aromatic nitrogens is 1. The lowest BCUT2D eigenvalue weighted by Crippen LogP contribution is -2.17. The molecule has 0 fully saturated rings. The van der Waals surface area contributed by atoms with Crippen LogP contribution in [0.15, 0.2) is 23.6 Å². The van der Waals surface area contributed by atoms with Gasteiger partial charge >= 0.3 is 5.97 Å². The number of rotatable bonds is 6. The van der Waals surface area contributed by atoms with Crippen LogP contribution < -0.4 is 4.74 Å². The SMILES string of the molecule is Cc1ccc(C(C)(C)C)c(OCC(=O)c2nc(CC(=O)O)cs2)c1. The van der Waals surface area contributed by atoms with Gasteiger partial charge < -0.3 is 9.84 Å². The fourth-order valence-electron chi connectivity index (χ4n) is 2.24. The highest BCUT2D eigenvalue weighted by Gasteiger charge is 2.20. The summed E-state index contributed by atoms with van der Waals surface area (Å²) in [7, 11) is 0. The fourth-order valence-corrected chi connectivity index (χ4v) is 2.99. The molecule has 0 amide bonds. The number of ketones is 1. The zero-order valence-corrected chi connectivity index (χ0v) is 15.1. The van der Waals surface area contributed by atoms with Crippen LogP contribution in [0, 0.1) is 6.92 Å². The Morgan fingerprint density at radius 3 is 2.62 bits per heavy atom. The van der Waals surface area contributed by atoms with Crippen molar-refractivity contribution < 1.29 is 19.4 Å². The Kier molecular flexibility index (Phi) is 5.39. The molecular formula is C18H21NO4S. The Morgan fingerprint density at radius 1 is 1.29 bits per heavy atom. The largest absolute Gasteiger partial charge is 0.485 e. The minimum absolute atomic E-state index is 0.0953. The Balaban J connectivity index is 2.10. The van der Waals surface area contributed by atoms with E-state index in [1.54, 1.807) is 5.38 Å². The van der Waals surface area contributed by atoms with Gasteiger partial charge in [0.2, 0.25) is 5.78 Å². The number of carboxylic acids is 1. The van der Waals surface area contributed by atoms with Crippen molar-refractivity contribution in [3.05, 3.63) is 45.4 Å². The second-order valence-corrected chi connectivity index (χ2v) is 7.53.